The molecule has 5 nitrogen and oxygen atoms in total. The Morgan fingerprint density at radius 1 is 1.45 bits per heavy atom. The summed E-state index contributed by atoms with van der Waals surface area (Å²) < 4.78 is 7.05. The maximum absolute atomic E-state index is 11.8. The highest BCUT2D eigenvalue weighted by molar-refractivity contribution is 8.00. The van der Waals surface area contributed by atoms with E-state index in [9.17, 15) is 9.59 Å². The van der Waals surface area contributed by atoms with Gasteiger partial charge < -0.3 is 9.30 Å². The van der Waals surface area contributed by atoms with Gasteiger partial charge in [0.2, 0.25) is 0 Å². The van der Waals surface area contributed by atoms with Crippen LogP contribution in [0.1, 0.15) is 46.6 Å². The van der Waals surface area contributed by atoms with Crippen LogP contribution in [0.3, 0.4) is 0 Å². The molecule has 0 amide bonds. The summed E-state index contributed by atoms with van der Waals surface area (Å²) in [6, 6.07) is 1.60. The quantitative estimate of drug-likeness (QED) is 0.335. The molecule has 0 fully saturated rings. The van der Waals surface area contributed by atoms with Gasteiger partial charge in [-0.05, 0) is 27.2 Å². The van der Waals surface area contributed by atoms with Crippen molar-refractivity contribution < 1.29 is 9.53 Å². The molecule has 1 rings (SSSR count). The number of unbranched alkanes of at least 4 members (excludes halogenated alkanes) is 1. The zero-order valence-electron chi connectivity index (χ0n) is 12.5. The van der Waals surface area contributed by atoms with Crippen LogP contribution in [0.25, 0.3) is 0 Å². The molecular weight excluding hydrogens is 276 g/mol. The second kappa shape index (κ2) is 8.09. The van der Waals surface area contributed by atoms with E-state index in [0.29, 0.717) is 11.8 Å². The lowest BCUT2D eigenvalue weighted by Gasteiger charge is -2.17. The van der Waals surface area contributed by atoms with E-state index in [0.717, 1.165) is 12.8 Å². The van der Waals surface area contributed by atoms with Crippen molar-refractivity contribution in [1.82, 2.24) is 9.55 Å². The molecular formula is C14H22N2O3S. The molecule has 6 heteroatoms. The van der Waals surface area contributed by atoms with E-state index < -0.39 is 0 Å². The van der Waals surface area contributed by atoms with Crippen molar-refractivity contribution in [3.05, 3.63) is 22.6 Å². The van der Waals surface area contributed by atoms with E-state index in [1.165, 1.54) is 17.8 Å². The lowest BCUT2D eigenvalue weighted by Crippen LogP contribution is -2.21. The number of esters is 1. The summed E-state index contributed by atoms with van der Waals surface area (Å²) in [4.78, 5) is 27.2. The first-order valence-corrected chi connectivity index (χ1v) is 7.76. The molecule has 112 valence electrons. The summed E-state index contributed by atoms with van der Waals surface area (Å²) in [5.41, 5.74) is -0.295. The maximum Gasteiger partial charge on any atom is 0.319 e. The van der Waals surface area contributed by atoms with Gasteiger partial charge in [0.1, 0.15) is 5.25 Å². The molecule has 0 aliphatic rings. The normalized spacial score (nSPS) is 12.4. The second-order valence-electron chi connectivity index (χ2n) is 4.83. The fraction of sp³-hybridized carbons (Fsp3) is 0.643. The number of rotatable bonds is 7. The highest BCUT2D eigenvalue weighted by Crippen LogP contribution is 2.23. The molecule has 0 radical (unpaired) electrons. The third-order valence-corrected chi connectivity index (χ3v) is 3.78. The molecule has 1 unspecified atom stereocenters. The smallest absolute Gasteiger partial charge is 0.319 e. The summed E-state index contributed by atoms with van der Waals surface area (Å²) in [6.45, 7) is 8.25. The molecule has 0 aliphatic heterocycles. The van der Waals surface area contributed by atoms with Gasteiger partial charge in [-0.15, -0.1) is 0 Å². The minimum Gasteiger partial charge on any atom is -0.465 e. The van der Waals surface area contributed by atoms with Crippen molar-refractivity contribution in [2.24, 2.45) is 0 Å². The Morgan fingerprint density at radius 2 is 2.15 bits per heavy atom. The first-order chi connectivity index (χ1) is 9.45. The van der Waals surface area contributed by atoms with E-state index in [-0.39, 0.29) is 22.8 Å². The predicted octanol–water partition coefficient (Wildman–Crippen LogP) is 2.65. The molecule has 1 atom stereocenters. The summed E-state index contributed by atoms with van der Waals surface area (Å²) in [5, 5.41) is 0.165. The number of nitrogens with zero attached hydrogens (tertiary/aromatic N) is 2. The third kappa shape index (κ3) is 5.00. The lowest BCUT2D eigenvalue weighted by molar-refractivity contribution is -0.142. The standard InChI is InChI=1S/C14H22N2O3S/c1-5-6-9-19-13(18)11(4)20-14-15-12(17)7-8-16(14)10(2)3/h7-8,10-11H,5-6,9H2,1-4H3. The van der Waals surface area contributed by atoms with Crippen LogP contribution in [-0.2, 0) is 9.53 Å². The Morgan fingerprint density at radius 3 is 2.75 bits per heavy atom. The van der Waals surface area contributed by atoms with Gasteiger partial charge in [-0.25, -0.2) is 0 Å². The van der Waals surface area contributed by atoms with Crippen molar-refractivity contribution in [1.29, 1.82) is 0 Å². The SMILES string of the molecule is CCCCOC(=O)C(C)Sc1nc(=O)ccn1C(C)C. The fourth-order valence-electron chi connectivity index (χ4n) is 1.52. The van der Waals surface area contributed by atoms with E-state index in [4.69, 9.17) is 4.74 Å². The van der Waals surface area contributed by atoms with E-state index in [1.54, 1.807) is 13.1 Å². The Balaban J connectivity index is 2.74. The van der Waals surface area contributed by atoms with Gasteiger partial charge in [0.05, 0.1) is 6.61 Å². The van der Waals surface area contributed by atoms with Gasteiger partial charge in [-0.3, -0.25) is 9.59 Å². The van der Waals surface area contributed by atoms with Gasteiger partial charge in [-0.2, -0.15) is 4.98 Å². The zero-order chi connectivity index (χ0) is 15.1. The van der Waals surface area contributed by atoms with Gasteiger partial charge in [0.15, 0.2) is 5.16 Å². The van der Waals surface area contributed by atoms with Crippen molar-refractivity contribution >= 4 is 17.7 Å². The van der Waals surface area contributed by atoms with Crippen LogP contribution in [0.5, 0.6) is 0 Å². The van der Waals surface area contributed by atoms with Gasteiger partial charge in [0, 0.05) is 18.3 Å². The Hall–Kier alpha value is -1.30. The molecule has 1 aromatic heterocycles. The number of ether oxygens (including phenoxy) is 1. The van der Waals surface area contributed by atoms with E-state index >= 15 is 0 Å². The monoisotopic (exact) mass is 298 g/mol. The minimum atomic E-state index is -0.383. The summed E-state index contributed by atoms with van der Waals surface area (Å²) in [5.74, 6) is -0.267. The average molecular weight is 298 g/mol. The first-order valence-electron chi connectivity index (χ1n) is 6.88. The van der Waals surface area contributed by atoms with Crippen molar-refractivity contribution in [2.75, 3.05) is 6.61 Å². The molecule has 0 spiro atoms. The highest BCUT2D eigenvalue weighted by Gasteiger charge is 2.19. The van der Waals surface area contributed by atoms with Crippen LogP contribution in [0.4, 0.5) is 0 Å². The van der Waals surface area contributed by atoms with Crippen molar-refractivity contribution in [3.63, 3.8) is 0 Å². The second-order valence-corrected chi connectivity index (χ2v) is 6.14. The largest absolute Gasteiger partial charge is 0.465 e. The van der Waals surface area contributed by atoms with Crippen LogP contribution < -0.4 is 5.56 Å². The number of carbonyl (C=O) groups excluding carboxylic acids is 1. The summed E-state index contributed by atoms with van der Waals surface area (Å²) in [7, 11) is 0. The number of hydrogen-bond donors (Lipinski definition) is 0. The fourth-order valence-corrected chi connectivity index (χ4v) is 2.53. The molecule has 1 aromatic rings. The predicted molar refractivity (Wildman–Crippen MR) is 80.1 cm³/mol. The molecule has 0 aliphatic carbocycles. The van der Waals surface area contributed by atoms with Gasteiger partial charge in [-0.1, -0.05) is 25.1 Å². The van der Waals surface area contributed by atoms with Crippen LogP contribution >= 0.6 is 11.8 Å². The zero-order valence-corrected chi connectivity index (χ0v) is 13.3. The van der Waals surface area contributed by atoms with Gasteiger partial charge in [0.25, 0.3) is 5.56 Å². The van der Waals surface area contributed by atoms with Crippen LogP contribution in [0, 0.1) is 0 Å². The minimum absolute atomic E-state index is 0.175. The lowest BCUT2D eigenvalue weighted by atomic mass is 10.4. The van der Waals surface area contributed by atoms with E-state index in [1.807, 2.05) is 25.3 Å². The molecule has 0 bridgehead atoms. The van der Waals surface area contributed by atoms with Crippen LogP contribution in [0.15, 0.2) is 22.2 Å². The van der Waals surface area contributed by atoms with Crippen LogP contribution in [-0.4, -0.2) is 27.4 Å². The Kier molecular flexibility index (Phi) is 6.78. The molecule has 0 aromatic carbocycles. The number of thioether (sulfide) groups is 1. The van der Waals surface area contributed by atoms with Crippen molar-refractivity contribution in [3.8, 4) is 0 Å². The summed E-state index contributed by atoms with van der Waals surface area (Å²) >= 11 is 1.26. The molecule has 0 saturated heterocycles. The van der Waals surface area contributed by atoms with Crippen LogP contribution in [0.2, 0.25) is 0 Å². The average Bonchev–Trinajstić information content (AvgIpc) is 2.38. The first kappa shape index (κ1) is 16.8. The Labute approximate surface area is 123 Å². The number of aromatic nitrogens is 2. The molecule has 0 N–H and O–H groups in total. The van der Waals surface area contributed by atoms with E-state index in [2.05, 4.69) is 4.98 Å². The van der Waals surface area contributed by atoms with Crippen molar-refractivity contribution in [2.45, 2.75) is 57.0 Å². The maximum atomic E-state index is 11.8. The Bertz CT molecular complexity index is 499. The molecule has 20 heavy (non-hydrogen) atoms. The molecule has 0 saturated carbocycles. The summed E-state index contributed by atoms with van der Waals surface area (Å²) in [6.07, 6.45) is 3.56. The number of carbonyl (C=O) groups is 1. The van der Waals surface area contributed by atoms with Gasteiger partial charge >= 0.3 is 5.97 Å². The molecule has 1 heterocycles. The number of hydrogen-bond acceptors (Lipinski definition) is 5. The highest BCUT2D eigenvalue weighted by atomic mass is 32.2. The third-order valence-electron chi connectivity index (χ3n) is 2.72. The topological polar surface area (TPSA) is 61.2 Å².